The van der Waals surface area contributed by atoms with E-state index in [1.807, 2.05) is 42.5 Å². The van der Waals surface area contributed by atoms with E-state index >= 15 is 0 Å². The van der Waals surface area contributed by atoms with E-state index in [9.17, 15) is 0 Å². The number of ether oxygens (including phenoxy) is 2. The minimum absolute atomic E-state index is 0.726. The zero-order valence-electron chi connectivity index (χ0n) is 15.7. The lowest BCUT2D eigenvalue weighted by Gasteiger charge is -2.11. The average Bonchev–Trinajstić information content (AvgIpc) is 2.62. The van der Waals surface area contributed by atoms with Crippen LogP contribution in [0.4, 0.5) is 4.79 Å². The second kappa shape index (κ2) is 10.9. The van der Waals surface area contributed by atoms with E-state index < -0.39 is 6.16 Å². The van der Waals surface area contributed by atoms with E-state index in [1.165, 1.54) is 5.57 Å². The summed E-state index contributed by atoms with van der Waals surface area (Å²) < 4.78 is 10.7. The molecular formula is C21H23ClO5. The highest BCUT2D eigenvalue weighted by Gasteiger charge is 2.07. The van der Waals surface area contributed by atoms with Gasteiger partial charge in [-0.1, -0.05) is 47.5 Å². The van der Waals surface area contributed by atoms with E-state index in [-0.39, 0.29) is 0 Å². The summed E-state index contributed by atoms with van der Waals surface area (Å²) in [6.07, 6.45) is 2.36. The molecule has 0 fully saturated rings. The summed E-state index contributed by atoms with van der Waals surface area (Å²) in [6, 6.07) is 13.7. The Labute approximate surface area is 164 Å². The highest BCUT2D eigenvalue weighted by Crippen LogP contribution is 2.32. The largest absolute Gasteiger partial charge is 0.503 e. The minimum Gasteiger partial charge on any atom is -0.493 e. The fourth-order valence-corrected chi connectivity index (χ4v) is 2.43. The van der Waals surface area contributed by atoms with Crippen LogP contribution >= 0.6 is 11.6 Å². The molecule has 5 nitrogen and oxygen atoms in total. The molecule has 0 saturated carbocycles. The monoisotopic (exact) mass is 390 g/mol. The van der Waals surface area contributed by atoms with Crippen molar-refractivity contribution in [3.8, 4) is 11.5 Å². The van der Waals surface area contributed by atoms with Crippen LogP contribution in [0.25, 0.3) is 11.6 Å². The Bertz CT molecular complexity index is 815. The van der Waals surface area contributed by atoms with Crippen LogP contribution in [0.1, 0.15) is 25.0 Å². The quantitative estimate of drug-likeness (QED) is 0.604. The lowest BCUT2D eigenvalue weighted by atomic mass is 9.99. The summed E-state index contributed by atoms with van der Waals surface area (Å²) in [5, 5.41) is 14.7. The molecule has 0 spiro atoms. The molecule has 0 aliphatic carbocycles. The SMILES string of the molecule is COc1ccc(C(C=Cc2ccc(Cl)cc2)=C(C)C)cc1OC.O=C(O)O. The van der Waals surface area contributed by atoms with Crippen LogP contribution < -0.4 is 9.47 Å². The second-order valence-electron chi connectivity index (χ2n) is 5.65. The van der Waals surface area contributed by atoms with Gasteiger partial charge in [-0.3, -0.25) is 0 Å². The van der Waals surface area contributed by atoms with Crippen molar-refractivity contribution < 1.29 is 24.5 Å². The van der Waals surface area contributed by atoms with Crippen molar-refractivity contribution in [3.05, 3.63) is 70.3 Å². The van der Waals surface area contributed by atoms with Crippen LogP contribution in [0.2, 0.25) is 5.02 Å². The van der Waals surface area contributed by atoms with Crippen LogP contribution in [-0.4, -0.2) is 30.6 Å². The zero-order chi connectivity index (χ0) is 20.4. The van der Waals surface area contributed by atoms with Crippen molar-refractivity contribution in [2.24, 2.45) is 0 Å². The van der Waals surface area contributed by atoms with Gasteiger partial charge < -0.3 is 19.7 Å². The third-order valence-corrected chi connectivity index (χ3v) is 3.80. The van der Waals surface area contributed by atoms with E-state index in [0.29, 0.717) is 0 Å². The van der Waals surface area contributed by atoms with Crippen molar-refractivity contribution in [2.75, 3.05) is 14.2 Å². The summed E-state index contributed by atoms with van der Waals surface area (Å²) >= 11 is 5.92. The molecule has 0 bridgehead atoms. The minimum atomic E-state index is -1.83. The molecule has 0 unspecified atom stereocenters. The van der Waals surface area contributed by atoms with E-state index in [0.717, 1.165) is 33.2 Å². The maximum absolute atomic E-state index is 8.56. The molecule has 0 aliphatic rings. The van der Waals surface area contributed by atoms with Crippen molar-refractivity contribution in [1.29, 1.82) is 0 Å². The summed E-state index contributed by atoms with van der Waals surface area (Å²) in [7, 11) is 3.28. The van der Waals surface area contributed by atoms with Gasteiger partial charge in [0, 0.05) is 5.02 Å². The Balaban J connectivity index is 0.000000828. The van der Waals surface area contributed by atoms with Gasteiger partial charge in [0.15, 0.2) is 11.5 Å². The molecule has 0 amide bonds. The molecule has 0 aromatic heterocycles. The Morgan fingerprint density at radius 1 is 0.963 bits per heavy atom. The number of hydrogen-bond acceptors (Lipinski definition) is 3. The first-order valence-electron chi connectivity index (χ1n) is 8.04. The third-order valence-electron chi connectivity index (χ3n) is 3.55. The first-order chi connectivity index (χ1) is 12.8. The van der Waals surface area contributed by atoms with Crippen LogP contribution in [0.5, 0.6) is 11.5 Å². The lowest BCUT2D eigenvalue weighted by molar-refractivity contribution is 0.137. The van der Waals surface area contributed by atoms with Gasteiger partial charge >= 0.3 is 6.16 Å². The van der Waals surface area contributed by atoms with Gasteiger partial charge in [0.05, 0.1) is 14.2 Å². The number of carboxylic acid groups (broad SMARTS) is 2. The van der Waals surface area contributed by atoms with Crippen molar-refractivity contribution in [2.45, 2.75) is 13.8 Å². The molecule has 6 heteroatoms. The normalized spacial score (nSPS) is 9.96. The first-order valence-corrected chi connectivity index (χ1v) is 8.41. The van der Waals surface area contributed by atoms with Gasteiger partial charge in [0.1, 0.15) is 0 Å². The predicted molar refractivity (Wildman–Crippen MR) is 109 cm³/mol. The molecule has 0 radical (unpaired) electrons. The van der Waals surface area contributed by atoms with E-state index in [2.05, 4.69) is 26.0 Å². The van der Waals surface area contributed by atoms with Crippen LogP contribution in [0, 0.1) is 0 Å². The first kappa shape index (κ1) is 22.1. The lowest BCUT2D eigenvalue weighted by Crippen LogP contribution is -1.92. The Hall–Kier alpha value is -2.92. The molecule has 0 atom stereocenters. The van der Waals surface area contributed by atoms with Gasteiger partial charge in [0.25, 0.3) is 0 Å². The van der Waals surface area contributed by atoms with Gasteiger partial charge in [-0.25, -0.2) is 4.79 Å². The zero-order valence-corrected chi connectivity index (χ0v) is 16.4. The number of methoxy groups -OCH3 is 2. The Morgan fingerprint density at radius 3 is 2.00 bits per heavy atom. The predicted octanol–water partition coefficient (Wildman–Crippen LogP) is 6.09. The highest BCUT2D eigenvalue weighted by molar-refractivity contribution is 6.30. The Kier molecular flexibility index (Phi) is 8.96. The topological polar surface area (TPSA) is 76.0 Å². The number of carbonyl (C=O) groups is 1. The van der Waals surface area contributed by atoms with Gasteiger partial charge in [0.2, 0.25) is 0 Å². The molecule has 2 aromatic carbocycles. The molecule has 144 valence electrons. The fourth-order valence-electron chi connectivity index (χ4n) is 2.31. The third kappa shape index (κ3) is 7.46. The molecule has 2 aromatic rings. The molecule has 2 N–H and O–H groups in total. The van der Waals surface area contributed by atoms with Crippen molar-refractivity contribution >= 4 is 29.4 Å². The summed E-state index contributed by atoms with van der Waals surface area (Å²) in [5.74, 6) is 1.45. The summed E-state index contributed by atoms with van der Waals surface area (Å²) in [5.41, 5.74) is 4.57. The molecule has 27 heavy (non-hydrogen) atoms. The van der Waals surface area contributed by atoms with Crippen LogP contribution in [0.15, 0.2) is 54.1 Å². The smallest absolute Gasteiger partial charge is 0.493 e. The van der Waals surface area contributed by atoms with Crippen LogP contribution in [-0.2, 0) is 0 Å². The number of hydrogen-bond donors (Lipinski definition) is 2. The number of benzene rings is 2. The molecule has 0 heterocycles. The van der Waals surface area contributed by atoms with Gasteiger partial charge in [-0.05, 0) is 54.8 Å². The summed E-state index contributed by atoms with van der Waals surface area (Å²) in [6.45, 7) is 4.19. The van der Waals surface area contributed by atoms with Gasteiger partial charge in [-0.2, -0.15) is 0 Å². The number of halogens is 1. The standard InChI is InChI=1S/C20H21ClO2.CH2O3/c1-14(2)18(11-7-15-5-9-17(21)10-6-15)16-8-12-19(22-3)20(13-16)23-4;2-1(3)4/h5-13H,1-4H3;(H2,2,3,4). The van der Waals surface area contributed by atoms with E-state index in [4.69, 9.17) is 36.1 Å². The second-order valence-corrected chi connectivity index (χ2v) is 6.09. The fraction of sp³-hybridized carbons (Fsp3) is 0.190. The molecule has 0 saturated heterocycles. The highest BCUT2D eigenvalue weighted by atomic mass is 35.5. The maximum Gasteiger partial charge on any atom is 0.503 e. The van der Waals surface area contributed by atoms with Crippen LogP contribution in [0.3, 0.4) is 0 Å². The number of rotatable bonds is 5. The molecule has 0 aliphatic heterocycles. The van der Waals surface area contributed by atoms with Crippen molar-refractivity contribution in [3.63, 3.8) is 0 Å². The Morgan fingerprint density at radius 2 is 1.52 bits per heavy atom. The van der Waals surface area contributed by atoms with Gasteiger partial charge in [-0.15, -0.1) is 0 Å². The molecular weight excluding hydrogens is 368 g/mol. The van der Waals surface area contributed by atoms with Crippen molar-refractivity contribution in [1.82, 2.24) is 0 Å². The summed E-state index contributed by atoms with van der Waals surface area (Å²) in [4.78, 5) is 8.56. The average molecular weight is 391 g/mol. The maximum atomic E-state index is 8.56. The number of allylic oxidation sites excluding steroid dienone is 3. The molecule has 2 rings (SSSR count). The van der Waals surface area contributed by atoms with E-state index in [1.54, 1.807) is 14.2 Å².